The average molecular weight is 252 g/mol. The Hall–Kier alpha value is -1.34. The van der Waals surface area contributed by atoms with Crippen LogP contribution in [0.4, 0.5) is 0 Å². The molecule has 0 aromatic heterocycles. The van der Waals surface area contributed by atoms with Crippen LogP contribution in [0, 0.1) is 0 Å². The van der Waals surface area contributed by atoms with E-state index in [1.807, 2.05) is 0 Å². The van der Waals surface area contributed by atoms with E-state index in [9.17, 15) is 0 Å². The minimum Gasteiger partial charge on any atom is -0.0623 e. The molecule has 0 aliphatic carbocycles. The van der Waals surface area contributed by atoms with Gasteiger partial charge >= 0.3 is 0 Å². The molecular weight excluding hydrogens is 232 g/mol. The molecule has 0 fully saturated rings. The van der Waals surface area contributed by atoms with E-state index in [0.29, 0.717) is 5.04 Å². The maximum Gasteiger partial charge on any atom is 0.121 e. The summed E-state index contributed by atoms with van der Waals surface area (Å²) in [7, 11) is -1.63. The van der Waals surface area contributed by atoms with Crippen LogP contribution < -0.4 is 10.4 Å². The van der Waals surface area contributed by atoms with Crippen molar-refractivity contribution in [2.45, 2.75) is 32.4 Å². The molecule has 1 heterocycles. The molecule has 1 aliphatic heterocycles. The van der Waals surface area contributed by atoms with Gasteiger partial charge in [-0.25, -0.2) is 0 Å². The predicted molar refractivity (Wildman–Crippen MR) is 82.5 cm³/mol. The minimum absolute atomic E-state index is 0.343. The fourth-order valence-corrected chi connectivity index (χ4v) is 7.54. The zero-order valence-electron chi connectivity index (χ0n) is 11.6. The van der Waals surface area contributed by atoms with Crippen molar-refractivity contribution in [2.75, 3.05) is 0 Å². The first-order valence-corrected chi connectivity index (χ1v) is 9.15. The molecule has 1 heteroatoms. The summed E-state index contributed by atoms with van der Waals surface area (Å²) in [5, 5.41) is 3.56. The lowest BCUT2D eigenvalue weighted by Gasteiger charge is -2.38. The summed E-state index contributed by atoms with van der Waals surface area (Å²) < 4.78 is 0. The van der Waals surface area contributed by atoms with Crippen LogP contribution in [-0.2, 0) is 0 Å². The Kier molecular flexibility index (Phi) is 2.33. The SMILES string of the molecule is CC(C)(C)[Si]1(C)c2ccccc2-c2ccccc21. The summed E-state index contributed by atoms with van der Waals surface area (Å²) in [6.45, 7) is 9.73. The molecule has 1 aliphatic rings. The van der Waals surface area contributed by atoms with Crippen molar-refractivity contribution in [1.82, 2.24) is 0 Å². The van der Waals surface area contributed by atoms with E-state index in [-0.39, 0.29) is 0 Å². The molecule has 0 bridgehead atoms. The number of fused-ring (bicyclic) bond motifs is 3. The van der Waals surface area contributed by atoms with Gasteiger partial charge in [0.05, 0.1) is 0 Å². The highest BCUT2D eigenvalue weighted by atomic mass is 28.3. The van der Waals surface area contributed by atoms with E-state index in [1.54, 1.807) is 10.4 Å². The Morgan fingerprint density at radius 1 is 0.722 bits per heavy atom. The van der Waals surface area contributed by atoms with Crippen LogP contribution in [0.3, 0.4) is 0 Å². The zero-order chi connectivity index (χ0) is 13.0. The third kappa shape index (κ3) is 1.31. The average Bonchev–Trinajstić information content (AvgIpc) is 2.62. The van der Waals surface area contributed by atoms with Crippen molar-refractivity contribution in [3.8, 4) is 11.1 Å². The van der Waals surface area contributed by atoms with Gasteiger partial charge in [-0.2, -0.15) is 0 Å². The Balaban J connectivity index is 2.41. The summed E-state index contributed by atoms with van der Waals surface area (Å²) in [4.78, 5) is 0. The number of rotatable bonds is 0. The van der Waals surface area contributed by atoms with Crippen LogP contribution in [0.1, 0.15) is 20.8 Å². The molecule has 0 radical (unpaired) electrons. The second-order valence-corrected chi connectivity index (χ2v) is 11.3. The van der Waals surface area contributed by atoms with E-state index in [0.717, 1.165) is 0 Å². The second kappa shape index (κ2) is 3.58. The van der Waals surface area contributed by atoms with Crippen molar-refractivity contribution in [3.05, 3.63) is 48.5 Å². The number of hydrogen-bond donors (Lipinski definition) is 0. The van der Waals surface area contributed by atoms with Crippen LogP contribution in [0.25, 0.3) is 11.1 Å². The maximum absolute atomic E-state index is 2.53. The monoisotopic (exact) mass is 252 g/mol. The molecule has 2 aromatic carbocycles. The molecule has 0 saturated heterocycles. The molecule has 0 unspecified atom stereocenters. The highest BCUT2D eigenvalue weighted by molar-refractivity contribution is 7.06. The molecule has 0 atom stereocenters. The minimum atomic E-state index is -1.63. The Labute approximate surface area is 111 Å². The summed E-state index contributed by atoms with van der Waals surface area (Å²) in [6, 6.07) is 18.0. The first kappa shape index (κ1) is 11.7. The fraction of sp³-hybridized carbons (Fsp3) is 0.294. The van der Waals surface area contributed by atoms with E-state index < -0.39 is 8.07 Å². The van der Waals surface area contributed by atoms with Gasteiger partial charge in [-0.3, -0.25) is 0 Å². The highest BCUT2D eigenvalue weighted by Crippen LogP contribution is 2.42. The molecule has 0 N–H and O–H groups in total. The summed E-state index contributed by atoms with van der Waals surface area (Å²) in [5.74, 6) is 0. The van der Waals surface area contributed by atoms with E-state index >= 15 is 0 Å². The molecule has 0 amide bonds. The van der Waals surface area contributed by atoms with Gasteiger partial charge in [0.15, 0.2) is 0 Å². The van der Waals surface area contributed by atoms with Crippen LogP contribution in [0.2, 0.25) is 11.6 Å². The zero-order valence-corrected chi connectivity index (χ0v) is 12.6. The van der Waals surface area contributed by atoms with E-state index in [2.05, 4.69) is 75.8 Å². The number of benzene rings is 2. The lowest BCUT2D eigenvalue weighted by atomic mass is 10.1. The van der Waals surface area contributed by atoms with Crippen molar-refractivity contribution in [2.24, 2.45) is 0 Å². The van der Waals surface area contributed by atoms with E-state index in [4.69, 9.17) is 0 Å². The molecule has 18 heavy (non-hydrogen) atoms. The van der Waals surface area contributed by atoms with Crippen molar-refractivity contribution >= 4 is 18.4 Å². The van der Waals surface area contributed by atoms with Gasteiger partial charge in [0, 0.05) is 0 Å². The van der Waals surface area contributed by atoms with Crippen molar-refractivity contribution in [1.29, 1.82) is 0 Å². The molecule has 2 aromatic rings. The molecular formula is C17H20Si. The molecule has 92 valence electrons. The third-order valence-electron chi connectivity index (χ3n) is 4.72. The lowest BCUT2D eigenvalue weighted by Crippen LogP contribution is -2.59. The quantitative estimate of drug-likeness (QED) is 0.628. The van der Waals surface area contributed by atoms with Crippen LogP contribution in [0.15, 0.2) is 48.5 Å². The van der Waals surface area contributed by atoms with Crippen LogP contribution >= 0.6 is 0 Å². The first-order chi connectivity index (χ1) is 8.46. The largest absolute Gasteiger partial charge is 0.121 e. The summed E-state index contributed by atoms with van der Waals surface area (Å²) >= 11 is 0. The topological polar surface area (TPSA) is 0 Å². The number of hydrogen-bond acceptors (Lipinski definition) is 0. The molecule has 0 saturated carbocycles. The van der Waals surface area contributed by atoms with Gasteiger partial charge < -0.3 is 0 Å². The van der Waals surface area contributed by atoms with Crippen molar-refractivity contribution in [3.63, 3.8) is 0 Å². The van der Waals surface area contributed by atoms with Gasteiger partial charge in [-0.15, -0.1) is 0 Å². The molecule has 0 nitrogen and oxygen atoms in total. The highest BCUT2D eigenvalue weighted by Gasteiger charge is 2.49. The second-order valence-electron chi connectivity index (χ2n) is 6.47. The standard InChI is InChI=1S/C17H20Si/c1-17(2,3)18(4)15-11-7-5-9-13(15)14-10-6-8-12-16(14)18/h5-12H,1-4H3. The predicted octanol–water partition coefficient (Wildman–Crippen LogP) is 3.66. The van der Waals surface area contributed by atoms with E-state index in [1.165, 1.54) is 11.1 Å². The first-order valence-electron chi connectivity index (χ1n) is 6.65. The van der Waals surface area contributed by atoms with Crippen LogP contribution in [-0.4, -0.2) is 8.07 Å². The van der Waals surface area contributed by atoms with Crippen molar-refractivity contribution < 1.29 is 0 Å². The summed E-state index contributed by atoms with van der Waals surface area (Å²) in [5.41, 5.74) is 2.94. The lowest BCUT2D eigenvalue weighted by molar-refractivity contribution is 0.735. The Morgan fingerprint density at radius 3 is 1.50 bits per heavy atom. The smallest absolute Gasteiger partial charge is 0.0623 e. The van der Waals surface area contributed by atoms with Gasteiger partial charge in [0.2, 0.25) is 0 Å². The summed E-state index contributed by atoms with van der Waals surface area (Å²) in [6.07, 6.45) is 0. The van der Waals surface area contributed by atoms with Crippen LogP contribution in [0.5, 0.6) is 0 Å². The molecule has 3 rings (SSSR count). The van der Waals surface area contributed by atoms with Gasteiger partial charge in [-0.1, -0.05) is 75.8 Å². The van der Waals surface area contributed by atoms with Gasteiger partial charge in [0.1, 0.15) is 8.07 Å². The maximum atomic E-state index is 2.53. The Morgan fingerprint density at radius 2 is 1.11 bits per heavy atom. The van der Waals surface area contributed by atoms with Gasteiger partial charge in [0.25, 0.3) is 0 Å². The third-order valence-corrected chi connectivity index (χ3v) is 10.7. The Bertz CT molecular complexity index is 560. The van der Waals surface area contributed by atoms with Gasteiger partial charge in [-0.05, 0) is 26.5 Å². The normalized spacial score (nSPS) is 16.2. The fourth-order valence-electron chi connectivity index (χ4n) is 3.26. The molecule has 0 spiro atoms.